The van der Waals surface area contributed by atoms with Gasteiger partial charge in [-0.15, -0.1) is 0 Å². The molecule has 114 valence electrons. The third-order valence-corrected chi connectivity index (χ3v) is 4.50. The summed E-state index contributed by atoms with van der Waals surface area (Å²) in [7, 11) is 2.09. The van der Waals surface area contributed by atoms with E-state index in [1.807, 2.05) is 17.2 Å². The Kier molecular flexibility index (Phi) is 4.39. The minimum absolute atomic E-state index is 0.102. The normalized spacial score (nSPS) is 20.7. The minimum atomic E-state index is 0.102. The zero-order valence-corrected chi connectivity index (χ0v) is 12.7. The van der Waals surface area contributed by atoms with Gasteiger partial charge in [0.1, 0.15) is 0 Å². The Bertz CT molecular complexity index is 491. The predicted molar refractivity (Wildman–Crippen MR) is 83.5 cm³/mol. The van der Waals surface area contributed by atoms with E-state index in [1.165, 1.54) is 25.7 Å². The Hall–Kier alpha value is -1.62. The van der Waals surface area contributed by atoms with Crippen LogP contribution in [0.25, 0.3) is 0 Å². The second kappa shape index (κ2) is 6.43. The lowest BCUT2D eigenvalue weighted by atomic mass is 10.2. The summed E-state index contributed by atoms with van der Waals surface area (Å²) in [5.74, 6) is 0.102. The Morgan fingerprint density at radius 3 is 2.62 bits per heavy atom. The van der Waals surface area contributed by atoms with E-state index in [2.05, 4.69) is 22.2 Å². The van der Waals surface area contributed by atoms with E-state index in [0.717, 1.165) is 31.9 Å². The maximum absolute atomic E-state index is 12.5. The molecule has 0 bridgehead atoms. The quantitative estimate of drug-likeness (QED) is 0.922. The van der Waals surface area contributed by atoms with Gasteiger partial charge in [0.25, 0.3) is 5.91 Å². The number of nitrogens with zero attached hydrogens (tertiary/aromatic N) is 3. The van der Waals surface area contributed by atoms with Gasteiger partial charge in [-0.1, -0.05) is 12.8 Å². The van der Waals surface area contributed by atoms with Gasteiger partial charge < -0.3 is 15.1 Å². The van der Waals surface area contributed by atoms with Crippen LogP contribution in [0.2, 0.25) is 0 Å². The SMILES string of the molecule is CN1CCN(C(=O)c2cncc(NC3CCCC3)c2)CC1. The van der Waals surface area contributed by atoms with Gasteiger partial charge >= 0.3 is 0 Å². The number of hydrogen-bond acceptors (Lipinski definition) is 4. The van der Waals surface area contributed by atoms with Crippen molar-refractivity contribution >= 4 is 11.6 Å². The number of pyridine rings is 1. The van der Waals surface area contributed by atoms with E-state index in [4.69, 9.17) is 0 Å². The third-order valence-electron chi connectivity index (χ3n) is 4.50. The molecule has 2 heterocycles. The second-order valence-electron chi connectivity index (χ2n) is 6.18. The number of amides is 1. The van der Waals surface area contributed by atoms with Crippen LogP contribution in [0.1, 0.15) is 36.0 Å². The molecule has 1 aromatic heterocycles. The molecule has 1 saturated heterocycles. The number of piperazine rings is 1. The summed E-state index contributed by atoms with van der Waals surface area (Å²) in [5.41, 5.74) is 1.67. The molecule has 1 aliphatic heterocycles. The van der Waals surface area contributed by atoms with Crippen molar-refractivity contribution in [3.8, 4) is 0 Å². The lowest BCUT2D eigenvalue weighted by molar-refractivity contribution is 0.0663. The second-order valence-corrected chi connectivity index (χ2v) is 6.18. The Morgan fingerprint density at radius 1 is 1.19 bits per heavy atom. The van der Waals surface area contributed by atoms with Gasteiger partial charge in [-0.2, -0.15) is 0 Å². The van der Waals surface area contributed by atoms with Crippen LogP contribution in [0.3, 0.4) is 0 Å². The van der Waals surface area contributed by atoms with Gasteiger partial charge in [-0.05, 0) is 26.0 Å². The average molecular weight is 288 g/mol. The summed E-state index contributed by atoms with van der Waals surface area (Å²) in [6.07, 6.45) is 8.53. The summed E-state index contributed by atoms with van der Waals surface area (Å²) in [6, 6.07) is 2.49. The van der Waals surface area contributed by atoms with Crippen molar-refractivity contribution in [2.75, 3.05) is 38.5 Å². The molecule has 1 amide bonds. The van der Waals surface area contributed by atoms with Gasteiger partial charge in [0.15, 0.2) is 0 Å². The summed E-state index contributed by atoms with van der Waals surface area (Å²) < 4.78 is 0. The molecule has 0 unspecified atom stereocenters. The van der Waals surface area contributed by atoms with Crippen LogP contribution in [0.5, 0.6) is 0 Å². The Labute approximate surface area is 126 Å². The molecular formula is C16H24N4O. The molecule has 21 heavy (non-hydrogen) atoms. The first kappa shape index (κ1) is 14.3. The van der Waals surface area contributed by atoms with Crippen molar-refractivity contribution in [2.24, 2.45) is 0 Å². The highest BCUT2D eigenvalue weighted by Crippen LogP contribution is 2.22. The van der Waals surface area contributed by atoms with Crippen LogP contribution in [0, 0.1) is 0 Å². The van der Waals surface area contributed by atoms with Crippen molar-refractivity contribution in [3.63, 3.8) is 0 Å². The van der Waals surface area contributed by atoms with Crippen molar-refractivity contribution in [1.29, 1.82) is 0 Å². The molecule has 1 N–H and O–H groups in total. The molecule has 0 aromatic carbocycles. The summed E-state index contributed by atoms with van der Waals surface area (Å²) in [5, 5.41) is 3.50. The third kappa shape index (κ3) is 3.53. The van der Waals surface area contributed by atoms with Gasteiger partial charge in [-0.3, -0.25) is 9.78 Å². The van der Waals surface area contributed by atoms with Gasteiger partial charge in [0, 0.05) is 44.6 Å². The zero-order chi connectivity index (χ0) is 14.7. The van der Waals surface area contributed by atoms with Crippen LogP contribution in [-0.4, -0.2) is 60.0 Å². The Balaban J connectivity index is 1.65. The summed E-state index contributed by atoms with van der Waals surface area (Å²) in [6.45, 7) is 3.49. The van der Waals surface area contributed by atoms with Crippen molar-refractivity contribution in [3.05, 3.63) is 24.0 Å². The number of nitrogens with one attached hydrogen (secondary N) is 1. The topological polar surface area (TPSA) is 48.5 Å². The fraction of sp³-hybridized carbons (Fsp3) is 0.625. The van der Waals surface area contributed by atoms with E-state index < -0.39 is 0 Å². The molecule has 0 radical (unpaired) electrons. The zero-order valence-electron chi connectivity index (χ0n) is 12.7. The van der Waals surface area contributed by atoms with Gasteiger partial charge in [0.2, 0.25) is 0 Å². The maximum atomic E-state index is 12.5. The molecule has 1 aromatic rings. The number of carbonyl (C=O) groups excluding carboxylic acids is 1. The fourth-order valence-electron chi connectivity index (χ4n) is 3.13. The molecule has 1 aliphatic carbocycles. The Morgan fingerprint density at radius 2 is 1.90 bits per heavy atom. The molecule has 0 spiro atoms. The molecule has 0 atom stereocenters. The van der Waals surface area contributed by atoms with E-state index in [1.54, 1.807) is 6.20 Å². The standard InChI is InChI=1S/C16H24N4O/c1-19-6-8-20(9-7-19)16(21)13-10-15(12-17-11-13)18-14-4-2-3-5-14/h10-12,14,18H,2-9H2,1H3. The highest BCUT2D eigenvalue weighted by Gasteiger charge is 2.21. The first-order chi connectivity index (χ1) is 10.2. The summed E-state index contributed by atoms with van der Waals surface area (Å²) >= 11 is 0. The molecular weight excluding hydrogens is 264 g/mol. The molecule has 2 fully saturated rings. The maximum Gasteiger partial charge on any atom is 0.255 e. The molecule has 1 saturated carbocycles. The van der Waals surface area contributed by atoms with E-state index >= 15 is 0 Å². The van der Waals surface area contributed by atoms with Gasteiger partial charge in [-0.25, -0.2) is 0 Å². The van der Waals surface area contributed by atoms with Crippen molar-refractivity contribution in [2.45, 2.75) is 31.7 Å². The molecule has 5 heteroatoms. The minimum Gasteiger partial charge on any atom is -0.381 e. The van der Waals surface area contributed by atoms with Crippen LogP contribution in [0.4, 0.5) is 5.69 Å². The van der Waals surface area contributed by atoms with Gasteiger partial charge in [0.05, 0.1) is 11.3 Å². The smallest absolute Gasteiger partial charge is 0.255 e. The van der Waals surface area contributed by atoms with Crippen LogP contribution >= 0.6 is 0 Å². The van der Waals surface area contributed by atoms with Crippen LogP contribution < -0.4 is 5.32 Å². The lowest BCUT2D eigenvalue weighted by Gasteiger charge is -2.32. The first-order valence-corrected chi connectivity index (χ1v) is 7.92. The monoisotopic (exact) mass is 288 g/mol. The molecule has 3 rings (SSSR count). The summed E-state index contributed by atoms with van der Waals surface area (Å²) in [4.78, 5) is 20.9. The number of likely N-dealkylation sites (N-methyl/N-ethyl adjacent to an activating group) is 1. The molecule has 5 nitrogen and oxygen atoms in total. The lowest BCUT2D eigenvalue weighted by Crippen LogP contribution is -2.47. The largest absolute Gasteiger partial charge is 0.381 e. The van der Waals surface area contributed by atoms with Crippen molar-refractivity contribution in [1.82, 2.24) is 14.8 Å². The predicted octanol–water partition coefficient (Wildman–Crippen LogP) is 1.82. The van der Waals surface area contributed by atoms with Crippen LogP contribution in [-0.2, 0) is 0 Å². The van der Waals surface area contributed by atoms with E-state index in [-0.39, 0.29) is 5.91 Å². The highest BCUT2D eigenvalue weighted by atomic mass is 16.2. The first-order valence-electron chi connectivity index (χ1n) is 7.92. The highest BCUT2D eigenvalue weighted by molar-refractivity contribution is 5.94. The van der Waals surface area contributed by atoms with Crippen molar-refractivity contribution < 1.29 is 4.79 Å². The number of aromatic nitrogens is 1. The fourth-order valence-corrected chi connectivity index (χ4v) is 3.13. The average Bonchev–Trinajstić information content (AvgIpc) is 3.00. The number of anilines is 1. The van der Waals surface area contributed by atoms with E-state index in [9.17, 15) is 4.79 Å². The number of hydrogen-bond donors (Lipinski definition) is 1. The van der Waals surface area contributed by atoms with Crippen LogP contribution in [0.15, 0.2) is 18.5 Å². The number of carbonyl (C=O) groups is 1. The van der Waals surface area contributed by atoms with E-state index in [0.29, 0.717) is 11.6 Å². The molecule has 2 aliphatic rings. The number of rotatable bonds is 3.